The summed E-state index contributed by atoms with van der Waals surface area (Å²) in [5, 5.41) is 10.5. The summed E-state index contributed by atoms with van der Waals surface area (Å²) >= 11 is 0. The Bertz CT molecular complexity index is 645. The SMILES string of the molecule is Cc1cc(C(F)(F)F)nc(N[C@H]2COC[C@H]2n2ccnn2)n1. The van der Waals surface area contributed by atoms with E-state index < -0.39 is 11.9 Å². The van der Waals surface area contributed by atoms with E-state index in [1.807, 2.05) is 0 Å². The molecule has 0 aromatic carbocycles. The summed E-state index contributed by atoms with van der Waals surface area (Å²) in [5.74, 6) is -0.0760. The highest BCUT2D eigenvalue weighted by molar-refractivity contribution is 5.31. The zero-order valence-corrected chi connectivity index (χ0v) is 11.6. The van der Waals surface area contributed by atoms with Gasteiger partial charge < -0.3 is 10.1 Å². The van der Waals surface area contributed by atoms with Crippen molar-refractivity contribution in [3.63, 3.8) is 0 Å². The van der Waals surface area contributed by atoms with E-state index in [1.54, 1.807) is 10.9 Å². The Kier molecular flexibility index (Phi) is 3.69. The van der Waals surface area contributed by atoms with Crippen LogP contribution < -0.4 is 5.32 Å². The lowest BCUT2D eigenvalue weighted by Crippen LogP contribution is -2.31. The molecular formula is C12H13F3N6O. The molecule has 7 nitrogen and oxygen atoms in total. The molecule has 1 N–H and O–H groups in total. The van der Waals surface area contributed by atoms with Gasteiger partial charge >= 0.3 is 6.18 Å². The molecule has 1 saturated heterocycles. The molecule has 2 aromatic rings. The first-order chi connectivity index (χ1) is 10.4. The Hall–Kier alpha value is -2.23. The van der Waals surface area contributed by atoms with Crippen LogP contribution in [-0.2, 0) is 10.9 Å². The van der Waals surface area contributed by atoms with Gasteiger partial charge in [-0.3, -0.25) is 0 Å². The summed E-state index contributed by atoms with van der Waals surface area (Å²) < 4.78 is 45.4. The third kappa shape index (κ3) is 3.01. The van der Waals surface area contributed by atoms with Gasteiger partial charge in [0.1, 0.15) is 5.69 Å². The van der Waals surface area contributed by atoms with Crippen molar-refractivity contribution in [1.29, 1.82) is 0 Å². The van der Waals surface area contributed by atoms with E-state index in [-0.39, 0.29) is 23.7 Å². The maximum atomic E-state index is 12.8. The number of hydrogen-bond donors (Lipinski definition) is 1. The number of aryl methyl sites for hydroxylation is 1. The second kappa shape index (κ2) is 5.52. The predicted molar refractivity (Wildman–Crippen MR) is 69.1 cm³/mol. The standard InChI is InChI=1S/C12H13F3N6O/c1-7-4-10(12(13,14)15)19-11(17-7)18-8-5-22-6-9(8)21-3-2-16-20-21/h2-4,8-9H,5-6H2,1H3,(H,17,18,19)/t8-,9+/m0/s1. The smallest absolute Gasteiger partial charge is 0.377 e. The molecule has 2 aromatic heterocycles. The Labute approximate surface area is 123 Å². The van der Waals surface area contributed by atoms with Crippen molar-refractivity contribution in [2.45, 2.75) is 25.2 Å². The number of halogens is 3. The predicted octanol–water partition coefficient (Wildman–Crippen LogP) is 1.45. The van der Waals surface area contributed by atoms with E-state index >= 15 is 0 Å². The van der Waals surface area contributed by atoms with Crippen molar-refractivity contribution in [3.05, 3.63) is 29.8 Å². The van der Waals surface area contributed by atoms with Crippen molar-refractivity contribution in [2.75, 3.05) is 18.5 Å². The van der Waals surface area contributed by atoms with E-state index in [9.17, 15) is 13.2 Å². The molecule has 0 amide bonds. The average molecular weight is 314 g/mol. The Morgan fingerprint density at radius 3 is 2.82 bits per heavy atom. The monoisotopic (exact) mass is 314 g/mol. The van der Waals surface area contributed by atoms with Crippen molar-refractivity contribution in [2.24, 2.45) is 0 Å². The van der Waals surface area contributed by atoms with Gasteiger partial charge in [0.15, 0.2) is 0 Å². The number of hydrogen-bond acceptors (Lipinski definition) is 6. The Morgan fingerprint density at radius 1 is 1.32 bits per heavy atom. The number of anilines is 1. The lowest BCUT2D eigenvalue weighted by atomic mass is 10.2. The lowest BCUT2D eigenvalue weighted by Gasteiger charge is -2.19. The minimum atomic E-state index is -4.51. The zero-order valence-electron chi connectivity index (χ0n) is 11.6. The molecule has 0 bridgehead atoms. The molecule has 0 spiro atoms. The van der Waals surface area contributed by atoms with E-state index in [0.717, 1.165) is 6.07 Å². The lowest BCUT2D eigenvalue weighted by molar-refractivity contribution is -0.141. The maximum Gasteiger partial charge on any atom is 0.433 e. The van der Waals surface area contributed by atoms with Crippen molar-refractivity contribution in [3.8, 4) is 0 Å². The highest BCUT2D eigenvalue weighted by atomic mass is 19.4. The summed E-state index contributed by atoms with van der Waals surface area (Å²) in [6, 6.07) is 0.441. The first-order valence-corrected chi connectivity index (χ1v) is 6.56. The normalized spacial score (nSPS) is 22.0. The molecule has 0 unspecified atom stereocenters. The molecular weight excluding hydrogens is 301 g/mol. The van der Waals surface area contributed by atoms with Gasteiger partial charge in [0, 0.05) is 11.9 Å². The molecule has 0 saturated carbocycles. The number of ether oxygens (including phenoxy) is 1. The molecule has 118 valence electrons. The van der Waals surface area contributed by atoms with Crippen molar-refractivity contribution in [1.82, 2.24) is 25.0 Å². The largest absolute Gasteiger partial charge is 0.433 e. The molecule has 3 heterocycles. The first-order valence-electron chi connectivity index (χ1n) is 6.56. The van der Waals surface area contributed by atoms with Gasteiger partial charge in [0.25, 0.3) is 0 Å². The molecule has 0 aliphatic carbocycles. The molecule has 1 fully saturated rings. The van der Waals surface area contributed by atoms with Crippen LogP contribution in [0.5, 0.6) is 0 Å². The molecule has 2 atom stereocenters. The number of rotatable bonds is 3. The second-order valence-corrected chi connectivity index (χ2v) is 4.95. The summed E-state index contributed by atoms with van der Waals surface area (Å²) in [4.78, 5) is 7.54. The third-order valence-corrected chi connectivity index (χ3v) is 3.29. The van der Waals surface area contributed by atoms with Crippen LogP contribution in [0.15, 0.2) is 18.5 Å². The second-order valence-electron chi connectivity index (χ2n) is 4.95. The van der Waals surface area contributed by atoms with Gasteiger partial charge in [0.05, 0.1) is 31.5 Å². The molecule has 1 aliphatic heterocycles. The van der Waals surface area contributed by atoms with Crippen LogP contribution in [0.4, 0.5) is 19.1 Å². The van der Waals surface area contributed by atoms with Crippen LogP contribution in [0.2, 0.25) is 0 Å². The number of aromatic nitrogens is 5. The summed E-state index contributed by atoms with van der Waals surface area (Å²) in [6.07, 6.45) is -1.31. The fourth-order valence-corrected chi connectivity index (χ4v) is 2.28. The molecule has 1 aliphatic rings. The van der Waals surface area contributed by atoms with E-state index in [2.05, 4.69) is 25.6 Å². The summed E-state index contributed by atoms with van der Waals surface area (Å²) in [5.41, 5.74) is -0.736. The van der Waals surface area contributed by atoms with Gasteiger partial charge in [-0.05, 0) is 13.0 Å². The molecule has 0 radical (unpaired) electrons. The Balaban J connectivity index is 1.82. The van der Waals surface area contributed by atoms with Crippen molar-refractivity contribution < 1.29 is 17.9 Å². The van der Waals surface area contributed by atoms with E-state index in [1.165, 1.54) is 13.1 Å². The number of alkyl halides is 3. The molecule has 3 rings (SSSR count). The fraction of sp³-hybridized carbons (Fsp3) is 0.500. The number of nitrogens with zero attached hydrogens (tertiary/aromatic N) is 5. The van der Waals surface area contributed by atoms with Gasteiger partial charge in [-0.15, -0.1) is 5.10 Å². The molecule has 10 heteroatoms. The maximum absolute atomic E-state index is 12.8. The highest BCUT2D eigenvalue weighted by Gasteiger charge is 2.35. The van der Waals surface area contributed by atoms with E-state index in [4.69, 9.17) is 4.74 Å². The van der Waals surface area contributed by atoms with Crippen LogP contribution in [-0.4, -0.2) is 44.2 Å². The average Bonchev–Trinajstić information content (AvgIpc) is 3.07. The summed E-state index contributed by atoms with van der Waals surface area (Å²) in [6.45, 7) is 2.20. The first kappa shape index (κ1) is 14.7. The van der Waals surface area contributed by atoms with Gasteiger partial charge in [-0.2, -0.15) is 13.2 Å². The fourth-order valence-electron chi connectivity index (χ4n) is 2.28. The quantitative estimate of drug-likeness (QED) is 0.924. The van der Waals surface area contributed by atoms with Crippen LogP contribution >= 0.6 is 0 Å². The van der Waals surface area contributed by atoms with Gasteiger partial charge in [-0.1, -0.05) is 5.21 Å². The van der Waals surface area contributed by atoms with E-state index in [0.29, 0.717) is 13.2 Å². The van der Waals surface area contributed by atoms with Gasteiger partial charge in [-0.25, -0.2) is 14.6 Å². The van der Waals surface area contributed by atoms with Crippen LogP contribution in [0, 0.1) is 6.92 Å². The minimum Gasteiger partial charge on any atom is -0.377 e. The highest BCUT2D eigenvalue weighted by Crippen LogP contribution is 2.29. The van der Waals surface area contributed by atoms with Crippen LogP contribution in [0.25, 0.3) is 0 Å². The molecule has 22 heavy (non-hydrogen) atoms. The van der Waals surface area contributed by atoms with Gasteiger partial charge in [0.2, 0.25) is 5.95 Å². The van der Waals surface area contributed by atoms with Crippen molar-refractivity contribution >= 4 is 5.95 Å². The topological polar surface area (TPSA) is 77.8 Å². The van der Waals surface area contributed by atoms with Crippen LogP contribution in [0.1, 0.15) is 17.4 Å². The van der Waals surface area contributed by atoms with Crippen LogP contribution in [0.3, 0.4) is 0 Å². The minimum absolute atomic E-state index is 0.0760. The zero-order chi connectivity index (χ0) is 15.7. The third-order valence-electron chi connectivity index (χ3n) is 3.29. The number of nitrogens with one attached hydrogen (secondary N) is 1. The Morgan fingerprint density at radius 2 is 2.14 bits per heavy atom. The summed E-state index contributed by atoms with van der Waals surface area (Å²) in [7, 11) is 0.